The highest BCUT2D eigenvalue weighted by Crippen LogP contribution is 2.12. The van der Waals surface area contributed by atoms with E-state index in [0.29, 0.717) is 30.4 Å². The molecule has 0 fully saturated rings. The number of aryl methyl sites for hydroxylation is 1. The predicted molar refractivity (Wildman–Crippen MR) is 55.5 cm³/mol. The van der Waals surface area contributed by atoms with Crippen LogP contribution in [-0.4, -0.2) is 26.9 Å². The summed E-state index contributed by atoms with van der Waals surface area (Å²) in [6, 6.07) is 2.88. The lowest BCUT2D eigenvalue weighted by molar-refractivity contribution is 0.420. The molecule has 84 valence electrons. The normalized spacial score (nSPS) is 10.6. The molecule has 0 amide bonds. The third-order valence-corrected chi connectivity index (χ3v) is 1.97. The van der Waals surface area contributed by atoms with Gasteiger partial charge in [-0.2, -0.15) is 10.1 Å². The molecule has 16 heavy (non-hydrogen) atoms. The first-order valence-electron chi connectivity index (χ1n) is 4.88. The molecule has 0 aliphatic carbocycles. The van der Waals surface area contributed by atoms with Crippen molar-refractivity contribution in [2.75, 3.05) is 6.54 Å². The minimum absolute atomic E-state index is 0.272. The van der Waals surface area contributed by atoms with Crippen molar-refractivity contribution < 1.29 is 4.52 Å². The van der Waals surface area contributed by atoms with Crippen LogP contribution in [-0.2, 0) is 6.42 Å². The summed E-state index contributed by atoms with van der Waals surface area (Å²) in [6.07, 6.45) is 1.47. The maximum atomic E-state index is 10.8. The summed E-state index contributed by atoms with van der Waals surface area (Å²) < 4.78 is 5.00. The van der Waals surface area contributed by atoms with Gasteiger partial charge in [0.15, 0.2) is 5.82 Å². The summed E-state index contributed by atoms with van der Waals surface area (Å²) in [6.45, 7) is 0.584. The van der Waals surface area contributed by atoms with Crippen molar-refractivity contribution >= 4 is 0 Å². The van der Waals surface area contributed by atoms with E-state index in [1.54, 1.807) is 0 Å². The molecular formula is C9H11N5O2. The van der Waals surface area contributed by atoms with Crippen LogP contribution in [0.25, 0.3) is 11.6 Å². The zero-order chi connectivity index (χ0) is 11.4. The number of aromatic amines is 1. The number of nitrogens with one attached hydrogen (secondary N) is 1. The highest BCUT2D eigenvalue weighted by Gasteiger charge is 2.09. The van der Waals surface area contributed by atoms with E-state index >= 15 is 0 Å². The second-order valence-corrected chi connectivity index (χ2v) is 3.21. The minimum atomic E-state index is -0.272. The molecule has 0 radical (unpaired) electrons. The second-order valence-electron chi connectivity index (χ2n) is 3.21. The van der Waals surface area contributed by atoms with Crippen LogP contribution in [0.3, 0.4) is 0 Å². The summed E-state index contributed by atoms with van der Waals surface area (Å²) >= 11 is 0. The predicted octanol–water partition coefficient (Wildman–Crippen LogP) is -0.289. The van der Waals surface area contributed by atoms with Crippen LogP contribution < -0.4 is 11.3 Å². The Bertz CT molecular complexity index is 498. The number of H-pyrrole nitrogens is 1. The fraction of sp³-hybridized carbons (Fsp3) is 0.333. The monoisotopic (exact) mass is 221 g/mol. The third kappa shape index (κ3) is 2.31. The molecule has 0 spiro atoms. The van der Waals surface area contributed by atoms with Crippen molar-refractivity contribution in [3.8, 4) is 11.6 Å². The maximum absolute atomic E-state index is 10.8. The fourth-order valence-corrected chi connectivity index (χ4v) is 1.18. The lowest BCUT2D eigenvalue weighted by Crippen LogP contribution is -2.05. The Morgan fingerprint density at radius 2 is 2.31 bits per heavy atom. The first-order valence-corrected chi connectivity index (χ1v) is 4.88. The molecule has 0 saturated carbocycles. The Labute approximate surface area is 90.7 Å². The molecule has 2 rings (SSSR count). The first-order chi connectivity index (χ1) is 7.79. The van der Waals surface area contributed by atoms with Crippen molar-refractivity contribution in [2.24, 2.45) is 5.73 Å². The maximum Gasteiger partial charge on any atom is 0.278 e. The van der Waals surface area contributed by atoms with Gasteiger partial charge < -0.3 is 10.3 Å². The average Bonchev–Trinajstić information content (AvgIpc) is 2.76. The van der Waals surface area contributed by atoms with Gasteiger partial charge in [0.2, 0.25) is 0 Å². The number of hydrogen-bond donors (Lipinski definition) is 2. The second kappa shape index (κ2) is 4.67. The molecule has 7 heteroatoms. The summed E-state index contributed by atoms with van der Waals surface area (Å²) in [4.78, 5) is 14.9. The molecule has 2 aromatic heterocycles. The van der Waals surface area contributed by atoms with Crippen LogP contribution in [0.5, 0.6) is 0 Å². The molecule has 0 aliphatic rings. The smallest absolute Gasteiger partial charge is 0.278 e. The molecule has 0 bridgehead atoms. The van der Waals surface area contributed by atoms with Crippen molar-refractivity contribution in [1.82, 2.24) is 20.3 Å². The SMILES string of the molecule is NCCCc1noc(-c2ccc(=O)[nH]n2)n1. The van der Waals surface area contributed by atoms with Gasteiger partial charge in [-0.25, -0.2) is 5.10 Å². The van der Waals surface area contributed by atoms with Crippen LogP contribution in [0.2, 0.25) is 0 Å². The van der Waals surface area contributed by atoms with Gasteiger partial charge in [0, 0.05) is 12.5 Å². The van der Waals surface area contributed by atoms with Gasteiger partial charge in [-0.1, -0.05) is 5.16 Å². The van der Waals surface area contributed by atoms with E-state index in [9.17, 15) is 4.79 Å². The average molecular weight is 221 g/mol. The largest absolute Gasteiger partial charge is 0.332 e. The van der Waals surface area contributed by atoms with E-state index in [-0.39, 0.29) is 5.56 Å². The standard InChI is InChI=1S/C9H11N5O2/c10-5-1-2-7-11-9(16-14-7)6-3-4-8(15)13-12-6/h3-4H,1-2,5,10H2,(H,13,15). The molecule has 0 atom stereocenters. The Hall–Kier alpha value is -2.02. The van der Waals surface area contributed by atoms with E-state index in [2.05, 4.69) is 20.3 Å². The van der Waals surface area contributed by atoms with Crippen molar-refractivity contribution in [2.45, 2.75) is 12.8 Å². The lowest BCUT2D eigenvalue weighted by Gasteiger charge is -1.90. The van der Waals surface area contributed by atoms with Crippen molar-refractivity contribution in [3.05, 3.63) is 28.3 Å². The third-order valence-electron chi connectivity index (χ3n) is 1.97. The molecule has 0 aromatic carbocycles. The van der Waals surface area contributed by atoms with E-state index < -0.39 is 0 Å². The topological polar surface area (TPSA) is 111 Å². The van der Waals surface area contributed by atoms with Gasteiger partial charge in [-0.15, -0.1) is 0 Å². The van der Waals surface area contributed by atoms with Gasteiger partial charge in [0.05, 0.1) is 0 Å². The fourth-order valence-electron chi connectivity index (χ4n) is 1.18. The van der Waals surface area contributed by atoms with Crippen molar-refractivity contribution in [1.29, 1.82) is 0 Å². The number of aromatic nitrogens is 4. The summed E-state index contributed by atoms with van der Waals surface area (Å²) in [7, 11) is 0. The van der Waals surface area contributed by atoms with E-state index in [0.717, 1.165) is 6.42 Å². The molecule has 2 heterocycles. The zero-order valence-corrected chi connectivity index (χ0v) is 8.51. The summed E-state index contributed by atoms with van der Waals surface area (Å²) in [5.74, 6) is 0.886. The van der Waals surface area contributed by atoms with Gasteiger partial charge in [0.25, 0.3) is 11.4 Å². The van der Waals surface area contributed by atoms with Gasteiger partial charge in [-0.05, 0) is 19.0 Å². The van der Waals surface area contributed by atoms with E-state index in [1.807, 2.05) is 0 Å². The van der Waals surface area contributed by atoms with Crippen LogP contribution in [0.4, 0.5) is 0 Å². The summed E-state index contributed by atoms with van der Waals surface area (Å²) in [5.41, 5.74) is 5.55. The molecule has 2 aromatic rings. The van der Waals surface area contributed by atoms with E-state index in [1.165, 1.54) is 12.1 Å². The number of rotatable bonds is 4. The zero-order valence-electron chi connectivity index (χ0n) is 8.51. The van der Waals surface area contributed by atoms with E-state index in [4.69, 9.17) is 10.3 Å². The van der Waals surface area contributed by atoms with Crippen LogP contribution in [0.15, 0.2) is 21.5 Å². The lowest BCUT2D eigenvalue weighted by atomic mass is 10.3. The Morgan fingerprint density at radius 3 is 3.00 bits per heavy atom. The Kier molecular flexibility index (Phi) is 3.06. The van der Waals surface area contributed by atoms with Crippen LogP contribution in [0, 0.1) is 0 Å². The molecule has 0 saturated heterocycles. The minimum Gasteiger partial charge on any atom is -0.332 e. The summed E-state index contributed by atoms with van der Waals surface area (Å²) in [5, 5.41) is 9.86. The number of hydrogen-bond acceptors (Lipinski definition) is 6. The first kappa shape index (κ1) is 10.5. The number of nitrogens with two attached hydrogens (primary N) is 1. The highest BCUT2D eigenvalue weighted by molar-refractivity contribution is 5.44. The molecule has 3 N–H and O–H groups in total. The van der Waals surface area contributed by atoms with Crippen LogP contribution >= 0.6 is 0 Å². The molecule has 0 aliphatic heterocycles. The van der Waals surface area contributed by atoms with Gasteiger partial charge in [-0.3, -0.25) is 4.79 Å². The van der Waals surface area contributed by atoms with Crippen molar-refractivity contribution in [3.63, 3.8) is 0 Å². The Balaban J connectivity index is 2.18. The highest BCUT2D eigenvalue weighted by atomic mass is 16.5. The number of nitrogens with zero attached hydrogens (tertiary/aromatic N) is 3. The Morgan fingerprint density at radius 1 is 1.44 bits per heavy atom. The van der Waals surface area contributed by atoms with Gasteiger partial charge in [0.1, 0.15) is 5.69 Å². The van der Waals surface area contributed by atoms with Gasteiger partial charge >= 0.3 is 0 Å². The van der Waals surface area contributed by atoms with Crippen LogP contribution in [0.1, 0.15) is 12.2 Å². The molecular weight excluding hydrogens is 210 g/mol. The molecule has 0 unspecified atom stereocenters. The quantitative estimate of drug-likeness (QED) is 0.734. The molecule has 7 nitrogen and oxygen atoms in total.